The van der Waals surface area contributed by atoms with Gasteiger partial charge in [-0.25, -0.2) is 0 Å². The number of hydrogen-bond acceptors (Lipinski definition) is 5. The maximum absolute atomic E-state index is 12.0. The van der Waals surface area contributed by atoms with E-state index < -0.39 is 0 Å². The third-order valence-electron chi connectivity index (χ3n) is 4.45. The van der Waals surface area contributed by atoms with Gasteiger partial charge < -0.3 is 19.3 Å². The van der Waals surface area contributed by atoms with Crippen molar-refractivity contribution < 1.29 is 24.1 Å². The molecule has 1 aliphatic heterocycles. The van der Waals surface area contributed by atoms with Gasteiger partial charge in [0, 0.05) is 17.0 Å². The average Bonchev–Trinajstić information content (AvgIpc) is 2.92. The zero-order valence-electron chi connectivity index (χ0n) is 14.1. The molecule has 0 aromatic heterocycles. The number of benzene rings is 2. The summed E-state index contributed by atoms with van der Waals surface area (Å²) in [5.74, 6) is 1.63. The van der Waals surface area contributed by atoms with Crippen molar-refractivity contribution in [3.63, 3.8) is 0 Å². The molecule has 0 spiro atoms. The number of fused-ring (bicyclic) bond motifs is 1. The van der Waals surface area contributed by atoms with Gasteiger partial charge in [0.15, 0.2) is 28.8 Å². The molecular formula is C19H20O5. The molecule has 5 heteroatoms. The third kappa shape index (κ3) is 2.46. The summed E-state index contributed by atoms with van der Waals surface area (Å²) in [7, 11) is 3.08. The molecule has 1 heterocycles. The van der Waals surface area contributed by atoms with Crippen LogP contribution in [-0.4, -0.2) is 25.1 Å². The number of phenolic OH excluding ortho intramolecular Hbond substituents is 1. The van der Waals surface area contributed by atoms with E-state index in [1.54, 1.807) is 44.4 Å². The SMILES string of the molecule is COc1cc(C2Oc3c(OC)ccc(C(C)=O)c3C2C)ccc1O. The standard InChI is InChI=1S/C19H20O5/c1-10-17-13(11(2)20)6-8-15(22-3)19(17)24-18(10)12-5-7-14(21)16(9-12)23-4/h5-10,18,21H,1-4H3. The minimum absolute atomic E-state index is 0.00621. The van der Waals surface area contributed by atoms with Crippen LogP contribution in [0.4, 0.5) is 0 Å². The molecule has 24 heavy (non-hydrogen) atoms. The normalized spacial score (nSPS) is 18.7. The Hall–Kier alpha value is -2.69. The number of rotatable bonds is 4. The number of Topliss-reactive ketones (excluding diaryl/α,β-unsaturated/α-hetero) is 1. The highest BCUT2D eigenvalue weighted by molar-refractivity contribution is 5.97. The molecule has 0 aliphatic carbocycles. The zero-order chi connectivity index (χ0) is 17.4. The highest BCUT2D eigenvalue weighted by atomic mass is 16.5. The molecule has 0 fully saturated rings. The summed E-state index contributed by atoms with van der Waals surface area (Å²) in [5.41, 5.74) is 2.37. The fourth-order valence-electron chi connectivity index (χ4n) is 3.23. The molecule has 3 rings (SSSR count). The number of hydrogen-bond donors (Lipinski definition) is 1. The van der Waals surface area contributed by atoms with Crippen molar-refractivity contribution >= 4 is 5.78 Å². The molecule has 0 saturated heterocycles. The molecule has 0 bridgehead atoms. The van der Waals surface area contributed by atoms with E-state index in [1.165, 1.54) is 7.11 Å². The third-order valence-corrected chi connectivity index (χ3v) is 4.45. The second kappa shape index (κ2) is 6.07. The topological polar surface area (TPSA) is 65.0 Å². The number of methoxy groups -OCH3 is 2. The number of phenols is 1. The van der Waals surface area contributed by atoms with Crippen molar-refractivity contribution in [3.05, 3.63) is 47.0 Å². The van der Waals surface area contributed by atoms with E-state index in [-0.39, 0.29) is 23.6 Å². The molecule has 0 amide bonds. The van der Waals surface area contributed by atoms with Gasteiger partial charge in [-0.2, -0.15) is 0 Å². The first-order valence-electron chi connectivity index (χ1n) is 7.73. The van der Waals surface area contributed by atoms with Gasteiger partial charge in [-0.15, -0.1) is 0 Å². The number of carbonyl (C=O) groups is 1. The zero-order valence-corrected chi connectivity index (χ0v) is 14.1. The molecule has 1 aliphatic rings. The largest absolute Gasteiger partial charge is 0.504 e. The van der Waals surface area contributed by atoms with Gasteiger partial charge in [-0.05, 0) is 36.8 Å². The number of aromatic hydroxyl groups is 1. The van der Waals surface area contributed by atoms with Crippen LogP contribution in [0.5, 0.6) is 23.0 Å². The first kappa shape index (κ1) is 16.2. The Labute approximate surface area is 140 Å². The predicted molar refractivity (Wildman–Crippen MR) is 89.4 cm³/mol. The van der Waals surface area contributed by atoms with E-state index in [9.17, 15) is 9.90 Å². The molecule has 1 N–H and O–H groups in total. The van der Waals surface area contributed by atoms with Gasteiger partial charge in [-0.3, -0.25) is 4.79 Å². The molecule has 0 saturated carbocycles. The lowest BCUT2D eigenvalue weighted by Crippen LogP contribution is -2.08. The Morgan fingerprint density at radius 2 is 1.83 bits per heavy atom. The van der Waals surface area contributed by atoms with Crippen LogP contribution in [0.25, 0.3) is 0 Å². The van der Waals surface area contributed by atoms with Gasteiger partial charge in [0.25, 0.3) is 0 Å². The minimum atomic E-state index is -0.288. The van der Waals surface area contributed by atoms with Gasteiger partial charge >= 0.3 is 0 Å². The van der Waals surface area contributed by atoms with Crippen molar-refractivity contribution in [1.82, 2.24) is 0 Å². The van der Waals surface area contributed by atoms with Crippen LogP contribution < -0.4 is 14.2 Å². The summed E-state index contributed by atoms with van der Waals surface area (Å²) >= 11 is 0. The van der Waals surface area contributed by atoms with Crippen LogP contribution in [0.15, 0.2) is 30.3 Å². The first-order valence-corrected chi connectivity index (χ1v) is 7.73. The van der Waals surface area contributed by atoms with E-state index in [4.69, 9.17) is 14.2 Å². The Morgan fingerprint density at radius 1 is 1.12 bits per heavy atom. The number of carbonyl (C=O) groups excluding carboxylic acids is 1. The molecule has 5 nitrogen and oxygen atoms in total. The van der Waals surface area contributed by atoms with Crippen molar-refractivity contribution in [2.75, 3.05) is 14.2 Å². The summed E-state index contributed by atoms with van der Waals surface area (Å²) in [4.78, 5) is 12.0. The van der Waals surface area contributed by atoms with Crippen molar-refractivity contribution in [3.8, 4) is 23.0 Å². The molecular weight excluding hydrogens is 308 g/mol. The maximum atomic E-state index is 12.0. The molecule has 2 unspecified atom stereocenters. The van der Waals surface area contributed by atoms with Crippen molar-refractivity contribution in [2.24, 2.45) is 0 Å². The van der Waals surface area contributed by atoms with E-state index in [0.717, 1.165) is 11.1 Å². The van der Waals surface area contributed by atoms with Gasteiger partial charge in [0.2, 0.25) is 0 Å². The lowest BCUT2D eigenvalue weighted by molar-refractivity contribution is 0.101. The number of ether oxygens (including phenoxy) is 3. The van der Waals surface area contributed by atoms with Gasteiger partial charge in [0.1, 0.15) is 6.10 Å². The molecule has 0 radical (unpaired) electrons. The van der Waals surface area contributed by atoms with Crippen LogP contribution in [0.3, 0.4) is 0 Å². The lowest BCUT2D eigenvalue weighted by atomic mass is 9.88. The van der Waals surface area contributed by atoms with Crippen LogP contribution in [0.1, 0.15) is 47.4 Å². The minimum Gasteiger partial charge on any atom is -0.504 e. The molecule has 126 valence electrons. The van der Waals surface area contributed by atoms with E-state index in [1.807, 2.05) is 6.92 Å². The monoisotopic (exact) mass is 328 g/mol. The molecule has 2 aromatic rings. The lowest BCUT2D eigenvalue weighted by Gasteiger charge is -2.17. The Morgan fingerprint density at radius 3 is 2.46 bits per heavy atom. The highest BCUT2D eigenvalue weighted by Gasteiger charge is 2.37. The van der Waals surface area contributed by atoms with Crippen LogP contribution in [0.2, 0.25) is 0 Å². The fraction of sp³-hybridized carbons (Fsp3) is 0.316. The summed E-state index contributed by atoms with van der Waals surface area (Å²) in [6.07, 6.45) is -0.288. The highest BCUT2D eigenvalue weighted by Crippen LogP contribution is 2.52. The van der Waals surface area contributed by atoms with E-state index >= 15 is 0 Å². The Bertz CT molecular complexity index is 797. The Balaban J connectivity index is 2.09. The second-order valence-corrected chi connectivity index (χ2v) is 5.87. The van der Waals surface area contributed by atoms with Gasteiger partial charge in [0.05, 0.1) is 14.2 Å². The second-order valence-electron chi connectivity index (χ2n) is 5.87. The summed E-state index contributed by atoms with van der Waals surface area (Å²) in [5, 5.41) is 9.79. The van der Waals surface area contributed by atoms with E-state index in [2.05, 4.69) is 0 Å². The van der Waals surface area contributed by atoms with Crippen molar-refractivity contribution in [1.29, 1.82) is 0 Å². The van der Waals surface area contributed by atoms with Crippen LogP contribution >= 0.6 is 0 Å². The van der Waals surface area contributed by atoms with Crippen LogP contribution in [-0.2, 0) is 0 Å². The van der Waals surface area contributed by atoms with Crippen molar-refractivity contribution in [2.45, 2.75) is 25.9 Å². The summed E-state index contributed by atoms with van der Waals surface area (Å²) in [6.45, 7) is 3.56. The fourth-order valence-corrected chi connectivity index (χ4v) is 3.23. The summed E-state index contributed by atoms with van der Waals surface area (Å²) < 4.78 is 16.7. The maximum Gasteiger partial charge on any atom is 0.166 e. The quantitative estimate of drug-likeness (QED) is 0.864. The molecule has 2 atom stereocenters. The average molecular weight is 328 g/mol. The van der Waals surface area contributed by atoms with E-state index in [0.29, 0.717) is 22.8 Å². The summed E-state index contributed by atoms with van der Waals surface area (Å²) in [6, 6.07) is 8.66. The van der Waals surface area contributed by atoms with Gasteiger partial charge in [-0.1, -0.05) is 13.0 Å². The first-order chi connectivity index (χ1) is 11.5. The smallest absolute Gasteiger partial charge is 0.166 e. The molecule has 2 aromatic carbocycles. The predicted octanol–water partition coefficient (Wildman–Crippen LogP) is 3.85. The van der Waals surface area contributed by atoms with Crippen LogP contribution in [0, 0.1) is 0 Å². The number of ketones is 1. The Kier molecular flexibility index (Phi) is 4.09.